The highest BCUT2D eigenvalue weighted by Gasteiger charge is 2.36. The minimum Gasteiger partial charge on any atom is -0.354 e. The molecule has 0 bridgehead atoms. The van der Waals surface area contributed by atoms with Crippen LogP contribution in [0.3, 0.4) is 0 Å². The standard InChI is InChI=1S/C22H27ClN4O2.2ClH/c23-18-9-8-16(13-24)17(12-18)14-26-21(28)20-7-4-10-27(20)22(29)19(25)11-15-5-2-1-3-6-15;;/h1-3,5-6,8-9,12,19-20H,4,7,10-11,13-14,24-25H2,(H,26,28);2*1H/p+1/t19-,20+;;/m1../s1. The van der Waals surface area contributed by atoms with Crippen molar-refractivity contribution >= 4 is 48.2 Å². The molecule has 2 aromatic carbocycles. The summed E-state index contributed by atoms with van der Waals surface area (Å²) in [6.45, 7) is 1.53. The van der Waals surface area contributed by atoms with Gasteiger partial charge < -0.3 is 21.7 Å². The first-order valence-electron chi connectivity index (χ1n) is 9.94. The average Bonchev–Trinajstić information content (AvgIpc) is 3.22. The van der Waals surface area contributed by atoms with Gasteiger partial charge in [0.25, 0.3) is 0 Å². The van der Waals surface area contributed by atoms with Gasteiger partial charge in [-0.05, 0) is 42.5 Å². The van der Waals surface area contributed by atoms with Crippen LogP contribution in [0.15, 0.2) is 48.5 Å². The minimum absolute atomic E-state index is 0. The Morgan fingerprint density at radius 3 is 2.55 bits per heavy atom. The van der Waals surface area contributed by atoms with Crippen LogP contribution in [0.4, 0.5) is 0 Å². The summed E-state index contributed by atoms with van der Waals surface area (Å²) < 4.78 is 0. The van der Waals surface area contributed by atoms with Crippen LogP contribution >= 0.6 is 36.4 Å². The van der Waals surface area contributed by atoms with E-state index in [1.165, 1.54) is 0 Å². The summed E-state index contributed by atoms with van der Waals surface area (Å²) in [6.07, 6.45) is 1.90. The molecule has 170 valence electrons. The molecule has 6 nitrogen and oxygen atoms in total. The molecule has 0 aromatic heterocycles. The zero-order valence-corrected chi connectivity index (χ0v) is 19.6. The third-order valence-electron chi connectivity index (χ3n) is 5.34. The molecule has 0 aliphatic carbocycles. The van der Waals surface area contributed by atoms with Gasteiger partial charge in [0.05, 0.1) is 6.04 Å². The summed E-state index contributed by atoms with van der Waals surface area (Å²) in [7, 11) is 0. The summed E-state index contributed by atoms with van der Waals surface area (Å²) in [5, 5.41) is 3.58. The van der Waals surface area contributed by atoms with E-state index < -0.39 is 12.1 Å². The molecule has 1 aliphatic rings. The van der Waals surface area contributed by atoms with Gasteiger partial charge in [-0.3, -0.25) is 9.59 Å². The second-order valence-corrected chi connectivity index (χ2v) is 7.80. The normalized spacial score (nSPS) is 16.1. The van der Waals surface area contributed by atoms with Gasteiger partial charge >= 0.3 is 0 Å². The van der Waals surface area contributed by atoms with E-state index in [2.05, 4.69) is 11.1 Å². The van der Waals surface area contributed by atoms with Crippen LogP contribution < -0.4 is 16.8 Å². The van der Waals surface area contributed by atoms with Gasteiger partial charge in [-0.25, -0.2) is 0 Å². The Kier molecular flexibility index (Phi) is 11.3. The fraction of sp³-hybridized carbons (Fsp3) is 0.364. The highest BCUT2D eigenvalue weighted by molar-refractivity contribution is 6.30. The summed E-state index contributed by atoms with van der Waals surface area (Å²) in [5.74, 6) is -0.328. The lowest BCUT2D eigenvalue weighted by atomic mass is 10.0. The molecule has 1 fully saturated rings. The highest BCUT2D eigenvalue weighted by atomic mass is 35.5. The summed E-state index contributed by atoms with van der Waals surface area (Å²) in [4.78, 5) is 27.3. The molecular formula is C22H30Cl3N4O2+. The monoisotopic (exact) mass is 487 g/mol. The first kappa shape index (κ1) is 27.2. The smallest absolute Gasteiger partial charge is 0.243 e. The predicted octanol–water partition coefficient (Wildman–Crippen LogP) is 2.10. The van der Waals surface area contributed by atoms with Crippen molar-refractivity contribution in [3.63, 3.8) is 0 Å². The summed E-state index contributed by atoms with van der Waals surface area (Å²) in [6, 6.07) is 14.1. The number of rotatable bonds is 7. The summed E-state index contributed by atoms with van der Waals surface area (Å²) in [5.41, 5.74) is 13.1. The maximum Gasteiger partial charge on any atom is 0.243 e. The van der Waals surface area contributed by atoms with E-state index in [1.54, 1.807) is 4.90 Å². The van der Waals surface area contributed by atoms with Crippen molar-refractivity contribution in [3.8, 4) is 0 Å². The predicted molar refractivity (Wildman–Crippen MR) is 127 cm³/mol. The minimum atomic E-state index is -0.656. The molecule has 1 saturated heterocycles. The number of amides is 2. The summed E-state index contributed by atoms with van der Waals surface area (Å²) >= 11 is 6.08. The molecule has 0 radical (unpaired) electrons. The van der Waals surface area contributed by atoms with E-state index in [4.69, 9.17) is 17.3 Å². The number of nitrogens with zero attached hydrogens (tertiary/aromatic N) is 1. The van der Waals surface area contributed by atoms with E-state index in [1.807, 2.05) is 48.5 Å². The Bertz CT molecular complexity index is 867. The van der Waals surface area contributed by atoms with Gasteiger partial charge in [0.15, 0.2) is 0 Å². The third kappa shape index (κ3) is 7.09. The van der Waals surface area contributed by atoms with Crippen molar-refractivity contribution in [1.29, 1.82) is 0 Å². The highest BCUT2D eigenvalue weighted by Crippen LogP contribution is 2.20. The van der Waals surface area contributed by atoms with Crippen LogP contribution in [0.5, 0.6) is 0 Å². The van der Waals surface area contributed by atoms with Crippen LogP contribution in [0.2, 0.25) is 5.02 Å². The van der Waals surface area contributed by atoms with Crippen LogP contribution in [-0.2, 0) is 29.1 Å². The van der Waals surface area contributed by atoms with Crippen molar-refractivity contribution in [3.05, 3.63) is 70.2 Å². The van der Waals surface area contributed by atoms with Crippen molar-refractivity contribution in [2.24, 2.45) is 5.73 Å². The lowest BCUT2D eigenvalue weighted by Crippen LogP contribution is -2.51. The number of benzene rings is 2. The first-order valence-corrected chi connectivity index (χ1v) is 10.3. The largest absolute Gasteiger partial charge is 0.354 e. The van der Waals surface area contributed by atoms with Crippen LogP contribution in [0.1, 0.15) is 29.5 Å². The van der Waals surface area contributed by atoms with Crippen LogP contribution in [0, 0.1) is 0 Å². The molecule has 0 unspecified atom stereocenters. The van der Waals surface area contributed by atoms with Gasteiger partial charge in [0, 0.05) is 23.7 Å². The number of nitrogens with two attached hydrogens (primary N) is 1. The zero-order chi connectivity index (χ0) is 20.8. The van der Waals surface area contributed by atoms with E-state index >= 15 is 0 Å². The van der Waals surface area contributed by atoms with Crippen molar-refractivity contribution in [2.75, 3.05) is 6.54 Å². The number of likely N-dealkylation sites (tertiary alicyclic amines) is 1. The second-order valence-electron chi connectivity index (χ2n) is 7.37. The van der Waals surface area contributed by atoms with Gasteiger partial charge in [-0.15, -0.1) is 24.8 Å². The van der Waals surface area contributed by atoms with E-state index in [0.717, 1.165) is 23.1 Å². The maximum absolute atomic E-state index is 12.9. The van der Waals surface area contributed by atoms with E-state index in [9.17, 15) is 9.59 Å². The molecule has 9 heteroatoms. The molecule has 0 saturated carbocycles. The number of hydrogen-bond acceptors (Lipinski definition) is 3. The number of carbonyl (C=O) groups is 2. The lowest BCUT2D eigenvalue weighted by molar-refractivity contribution is -0.386. The Morgan fingerprint density at radius 1 is 1.16 bits per heavy atom. The lowest BCUT2D eigenvalue weighted by Gasteiger charge is -2.27. The topological polar surface area (TPSA) is 103 Å². The molecule has 31 heavy (non-hydrogen) atoms. The van der Waals surface area contributed by atoms with Crippen molar-refractivity contribution < 1.29 is 15.3 Å². The maximum atomic E-state index is 12.9. The SMILES string of the molecule is Cl.Cl.N[C@H](Cc1ccccc1)C(=O)N1CCC[C@H]1C(=O)NCc1cc(Cl)ccc1C[NH3+]. The Morgan fingerprint density at radius 2 is 1.87 bits per heavy atom. The molecule has 0 spiro atoms. The Hall–Kier alpha value is -1.83. The average molecular weight is 489 g/mol. The van der Waals surface area contributed by atoms with E-state index in [-0.39, 0.29) is 36.6 Å². The number of quaternary nitrogens is 1. The number of carbonyl (C=O) groups excluding carboxylic acids is 2. The molecule has 3 rings (SSSR count). The molecule has 1 heterocycles. The van der Waals surface area contributed by atoms with Crippen LogP contribution in [-0.4, -0.2) is 35.3 Å². The molecule has 2 aromatic rings. The quantitative estimate of drug-likeness (QED) is 0.556. The molecule has 2 amide bonds. The number of hydrogen-bond donors (Lipinski definition) is 3. The fourth-order valence-electron chi connectivity index (χ4n) is 3.77. The molecule has 1 aliphatic heterocycles. The number of halogens is 3. The van der Waals surface area contributed by atoms with Gasteiger partial charge in [-0.2, -0.15) is 0 Å². The third-order valence-corrected chi connectivity index (χ3v) is 5.58. The number of nitrogens with one attached hydrogen (secondary N) is 1. The zero-order valence-electron chi connectivity index (χ0n) is 17.3. The Labute approximate surface area is 200 Å². The van der Waals surface area contributed by atoms with Gasteiger partial charge in [0.1, 0.15) is 12.6 Å². The molecular weight excluding hydrogens is 459 g/mol. The fourth-order valence-corrected chi connectivity index (χ4v) is 3.97. The molecule has 6 N–H and O–H groups in total. The Balaban J connectivity index is 0.00000240. The van der Waals surface area contributed by atoms with E-state index in [0.29, 0.717) is 37.5 Å². The van der Waals surface area contributed by atoms with Gasteiger partial charge in [-0.1, -0.05) is 48.0 Å². The van der Waals surface area contributed by atoms with Crippen molar-refractivity contribution in [2.45, 2.75) is 44.4 Å². The second kappa shape index (κ2) is 12.9. The van der Waals surface area contributed by atoms with Crippen molar-refractivity contribution in [1.82, 2.24) is 10.2 Å². The molecule has 2 atom stereocenters. The first-order chi connectivity index (χ1) is 14.0. The van der Waals surface area contributed by atoms with Crippen LogP contribution in [0.25, 0.3) is 0 Å². The van der Waals surface area contributed by atoms with Gasteiger partial charge in [0.2, 0.25) is 11.8 Å².